The molecule has 1 amide bonds. The molecule has 2 aliphatic heterocycles. The van der Waals surface area contributed by atoms with E-state index in [1.165, 1.54) is 12.8 Å². The number of rotatable bonds is 3. The summed E-state index contributed by atoms with van der Waals surface area (Å²) in [6.45, 7) is 6.21. The molecule has 2 aliphatic rings. The number of imidazole rings is 1. The molecular formula is C14H22N4O2. The summed E-state index contributed by atoms with van der Waals surface area (Å²) in [5, 5.41) is 0. The molecule has 6 heteroatoms. The fourth-order valence-corrected chi connectivity index (χ4v) is 3.23. The van der Waals surface area contributed by atoms with Gasteiger partial charge in [0.2, 0.25) is 0 Å². The summed E-state index contributed by atoms with van der Waals surface area (Å²) < 4.78 is 5.72. The predicted molar refractivity (Wildman–Crippen MR) is 74.5 cm³/mol. The normalized spacial score (nSPS) is 27.4. The van der Waals surface area contributed by atoms with Gasteiger partial charge in [0.25, 0.3) is 5.91 Å². The number of H-pyrrole nitrogens is 1. The number of nitrogens with zero attached hydrogens (tertiary/aromatic N) is 3. The van der Waals surface area contributed by atoms with Crippen molar-refractivity contribution in [2.45, 2.75) is 31.8 Å². The number of aromatic nitrogens is 2. The van der Waals surface area contributed by atoms with Crippen LogP contribution >= 0.6 is 0 Å². The van der Waals surface area contributed by atoms with Gasteiger partial charge in [0, 0.05) is 38.1 Å². The second-order valence-electron chi connectivity index (χ2n) is 5.56. The summed E-state index contributed by atoms with van der Waals surface area (Å²) >= 11 is 0. The summed E-state index contributed by atoms with van der Waals surface area (Å²) in [4.78, 5) is 23.7. The molecule has 0 unspecified atom stereocenters. The first kappa shape index (κ1) is 13.6. The van der Waals surface area contributed by atoms with Crippen molar-refractivity contribution in [3.63, 3.8) is 0 Å². The van der Waals surface area contributed by atoms with E-state index in [1.807, 2.05) is 4.90 Å². The highest BCUT2D eigenvalue weighted by Crippen LogP contribution is 2.22. The van der Waals surface area contributed by atoms with Gasteiger partial charge in [-0.3, -0.25) is 9.69 Å². The van der Waals surface area contributed by atoms with Crippen LogP contribution in [-0.2, 0) is 4.74 Å². The Hall–Kier alpha value is -1.40. The third-order valence-electron chi connectivity index (χ3n) is 4.23. The van der Waals surface area contributed by atoms with Gasteiger partial charge in [-0.25, -0.2) is 4.98 Å². The zero-order valence-corrected chi connectivity index (χ0v) is 11.9. The lowest BCUT2D eigenvalue weighted by Gasteiger charge is -2.47. The number of piperazine rings is 1. The molecule has 2 saturated heterocycles. The number of carbonyl (C=O) groups excluding carboxylic acids is 1. The maximum absolute atomic E-state index is 12.3. The monoisotopic (exact) mass is 278 g/mol. The van der Waals surface area contributed by atoms with Crippen LogP contribution in [-0.4, -0.2) is 70.6 Å². The SMILES string of the molecule is CCC[C@H]1COC[C@H]2CN(C(=O)c3ncc[nH]3)CCN12. The molecule has 3 rings (SSSR count). The molecule has 2 fully saturated rings. The molecule has 2 atom stereocenters. The quantitative estimate of drug-likeness (QED) is 0.885. The molecule has 0 aliphatic carbocycles. The lowest BCUT2D eigenvalue weighted by molar-refractivity contribution is -0.0777. The number of nitrogens with one attached hydrogen (secondary N) is 1. The van der Waals surface area contributed by atoms with Crippen LogP contribution < -0.4 is 0 Å². The lowest BCUT2D eigenvalue weighted by atomic mass is 10.0. The van der Waals surface area contributed by atoms with Crippen molar-refractivity contribution >= 4 is 5.91 Å². The summed E-state index contributed by atoms with van der Waals surface area (Å²) in [7, 11) is 0. The molecular weight excluding hydrogens is 256 g/mol. The summed E-state index contributed by atoms with van der Waals surface area (Å²) in [6.07, 6.45) is 5.64. The zero-order chi connectivity index (χ0) is 13.9. The van der Waals surface area contributed by atoms with Crippen molar-refractivity contribution in [2.24, 2.45) is 0 Å². The van der Waals surface area contributed by atoms with Gasteiger partial charge < -0.3 is 14.6 Å². The fraction of sp³-hybridized carbons (Fsp3) is 0.714. The molecule has 0 spiro atoms. The van der Waals surface area contributed by atoms with Crippen LogP contribution in [0.2, 0.25) is 0 Å². The van der Waals surface area contributed by atoms with Gasteiger partial charge in [0.15, 0.2) is 5.82 Å². The average molecular weight is 278 g/mol. The maximum atomic E-state index is 12.3. The molecule has 1 aromatic heterocycles. The van der Waals surface area contributed by atoms with Crippen LogP contribution in [0.4, 0.5) is 0 Å². The zero-order valence-electron chi connectivity index (χ0n) is 11.9. The number of carbonyl (C=O) groups is 1. The topological polar surface area (TPSA) is 61.5 Å². The van der Waals surface area contributed by atoms with Crippen LogP contribution in [0.5, 0.6) is 0 Å². The molecule has 0 saturated carbocycles. The Kier molecular flexibility index (Phi) is 4.03. The molecule has 0 radical (unpaired) electrons. The van der Waals surface area contributed by atoms with Gasteiger partial charge in [-0.1, -0.05) is 13.3 Å². The van der Waals surface area contributed by atoms with E-state index >= 15 is 0 Å². The Morgan fingerprint density at radius 2 is 2.40 bits per heavy atom. The Morgan fingerprint density at radius 1 is 1.50 bits per heavy atom. The van der Waals surface area contributed by atoms with E-state index in [2.05, 4.69) is 21.8 Å². The molecule has 3 heterocycles. The fourth-order valence-electron chi connectivity index (χ4n) is 3.23. The van der Waals surface area contributed by atoms with E-state index in [-0.39, 0.29) is 5.91 Å². The van der Waals surface area contributed by atoms with Crippen molar-refractivity contribution in [3.8, 4) is 0 Å². The van der Waals surface area contributed by atoms with Gasteiger partial charge in [-0.05, 0) is 6.42 Å². The van der Waals surface area contributed by atoms with Gasteiger partial charge >= 0.3 is 0 Å². The molecule has 1 aromatic rings. The molecule has 110 valence electrons. The Bertz CT molecular complexity index is 446. The van der Waals surface area contributed by atoms with E-state index in [9.17, 15) is 4.79 Å². The van der Waals surface area contributed by atoms with Crippen molar-refractivity contribution in [3.05, 3.63) is 18.2 Å². The van der Waals surface area contributed by atoms with Crippen LogP contribution in [0.3, 0.4) is 0 Å². The van der Waals surface area contributed by atoms with Crippen LogP contribution in [0.1, 0.15) is 30.4 Å². The number of aromatic amines is 1. The van der Waals surface area contributed by atoms with E-state index < -0.39 is 0 Å². The summed E-state index contributed by atoms with van der Waals surface area (Å²) in [5.74, 6) is 0.424. The van der Waals surface area contributed by atoms with Crippen LogP contribution in [0, 0.1) is 0 Å². The second kappa shape index (κ2) is 5.93. The standard InChI is InChI=1S/C14H22N4O2/c1-2-3-11-9-20-10-12-8-17(6-7-18(11)12)14(19)13-15-4-5-16-13/h4-5,11-12H,2-3,6-10H2,1H3,(H,15,16)/t11-,12+/m0/s1. The minimum absolute atomic E-state index is 0.00716. The first-order valence-electron chi connectivity index (χ1n) is 7.41. The van der Waals surface area contributed by atoms with E-state index in [1.54, 1.807) is 12.4 Å². The van der Waals surface area contributed by atoms with E-state index in [0.717, 1.165) is 32.8 Å². The molecule has 6 nitrogen and oxygen atoms in total. The highest BCUT2D eigenvalue weighted by Gasteiger charge is 2.36. The number of hydrogen-bond donors (Lipinski definition) is 1. The molecule has 0 bridgehead atoms. The first-order valence-corrected chi connectivity index (χ1v) is 7.41. The average Bonchev–Trinajstić information content (AvgIpc) is 3.01. The van der Waals surface area contributed by atoms with Crippen molar-refractivity contribution in [1.82, 2.24) is 19.8 Å². The highest BCUT2D eigenvalue weighted by atomic mass is 16.5. The number of fused-ring (bicyclic) bond motifs is 1. The number of amides is 1. The third-order valence-corrected chi connectivity index (χ3v) is 4.23. The van der Waals surface area contributed by atoms with Gasteiger partial charge in [-0.2, -0.15) is 0 Å². The number of ether oxygens (including phenoxy) is 1. The minimum atomic E-state index is -0.00716. The summed E-state index contributed by atoms with van der Waals surface area (Å²) in [6, 6.07) is 0.840. The Balaban J connectivity index is 1.65. The van der Waals surface area contributed by atoms with E-state index in [0.29, 0.717) is 17.9 Å². The van der Waals surface area contributed by atoms with Gasteiger partial charge in [-0.15, -0.1) is 0 Å². The van der Waals surface area contributed by atoms with Gasteiger partial charge in [0.05, 0.1) is 19.3 Å². The highest BCUT2D eigenvalue weighted by molar-refractivity contribution is 5.90. The summed E-state index contributed by atoms with van der Waals surface area (Å²) in [5.41, 5.74) is 0. The molecule has 20 heavy (non-hydrogen) atoms. The van der Waals surface area contributed by atoms with Crippen molar-refractivity contribution in [2.75, 3.05) is 32.8 Å². The van der Waals surface area contributed by atoms with E-state index in [4.69, 9.17) is 4.74 Å². The molecule has 0 aromatic carbocycles. The molecule has 1 N–H and O–H groups in total. The lowest BCUT2D eigenvalue weighted by Crippen LogP contribution is -2.62. The van der Waals surface area contributed by atoms with Crippen LogP contribution in [0.15, 0.2) is 12.4 Å². The Labute approximate surface area is 119 Å². The second-order valence-corrected chi connectivity index (χ2v) is 5.56. The smallest absolute Gasteiger partial charge is 0.289 e. The third kappa shape index (κ3) is 2.58. The van der Waals surface area contributed by atoms with Gasteiger partial charge in [0.1, 0.15) is 0 Å². The predicted octanol–water partition coefficient (Wildman–Crippen LogP) is 0.735. The van der Waals surface area contributed by atoms with Crippen molar-refractivity contribution in [1.29, 1.82) is 0 Å². The number of morpholine rings is 1. The Morgan fingerprint density at radius 3 is 3.15 bits per heavy atom. The first-order chi connectivity index (χ1) is 9.79. The largest absolute Gasteiger partial charge is 0.378 e. The maximum Gasteiger partial charge on any atom is 0.289 e. The minimum Gasteiger partial charge on any atom is -0.378 e. The number of hydrogen-bond acceptors (Lipinski definition) is 4. The van der Waals surface area contributed by atoms with Crippen molar-refractivity contribution < 1.29 is 9.53 Å². The van der Waals surface area contributed by atoms with Crippen LogP contribution in [0.25, 0.3) is 0 Å².